The second-order valence-electron chi connectivity index (χ2n) is 6.19. The van der Waals surface area contributed by atoms with Gasteiger partial charge in [-0.05, 0) is 34.6 Å². The molecule has 0 aromatic rings. The van der Waals surface area contributed by atoms with Gasteiger partial charge in [0.05, 0.1) is 12.6 Å². The van der Waals surface area contributed by atoms with Crippen LogP contribution in [0.25, 0.3) is 0 Å². The van der Waals surface area contributed by atoms with E-state index in [1.165, 1.54) is 4.90 Å². The molecular formula is C12H20BF3NO3-. The molecule has 1 atom stereocenters. The SMILES string of the molecule is CC(C)(C)OC(=O)N1[C@@H](/C=C/[B-](F)(F)F)COC1(C)C. The maximum Gasteiger partial charge on any atom is 0.502 e. The van der Waals surface area contributed by atoms with E-state index in [1.807, 2.05) is 0 Å². The Kier molecular flexibility index (Phi) is 4.48. The van der Waals surface area contributed by atoms with Gasteiger partial charge in [0.2, 0.25) is 0 Å². The molecule has 0 bridgehead atoms. The molecule has 1 saturated heterocycles. The van der Waals surface area contributed by atoms with E-state index < -0.39 is 30.4 Å². The van der Waals surface area contributed by atoms with E-state index in [9.17, 15) is 17.7 Å². The molecule has 0 aromatic heterocycles. The van der Waals surface area contributed by atoms with E-state index in [-0.39, 0.29) is 12.6 Å². The molecule has 1 heterocycles. The Morgan fingerprint density at radius 3 is 2.40 bits per heavy atom. The van der Waals surface area contributed by atoms with Crippen molar-refractivity contribution in [2.24, 2.45) is 0 Å². The van der Waals surface area contributed by atoms with Gasteiger partial charge in [0.15, 0.2) is 0 Å². The number of ether oxygens (including phenoxy) is 2. The number of carbonyl (C=O) groups is 1. The number of nitrogens with zero attached hydrogens (tertiary/aromatic N) is 1. The molecule has 20 heavy (non-hydrogen) atoms. The van der Waals surface area contributed by atoms with Crippen LogP contribution in [0.4, 0.5) is 17.7 Å². The standard InChI is InChI=1S/C12H20BF3NO3/c1-11(2,3)20-10(18)17-9(6-7-13(14,15)16)8-19-12(17,4)5/h6-7,9H,8H2,1-5H3/q-1/b7-6+/t9-/m0/s1. The normalized spacial score (nSPS) is 23.4. The van der Waals surface area contributed by atoms with Crippen molar-refractivity contribution in [3.63, 3.8) is 0 Å². The molecule has 1 aliphatic rings. The molecule has 1 fully saturated rings. The average Bonchev–Trinajstić information content (AvgIpc) is 2.46. The van der Waals surface area contributed by atoms with Crippen LogP contribution >= 0.6 is 0 Å². The lowest BCUT2D eigenvalue weighted by atomic mass is 9.90. The van der Waals surface area contributed by atoms with Crippen molar-refractivity contribution in [1.82, 2.24) is 4.90 Å². The van der Waals surface area contributed by atoms with Crippen LogP contribution in [0.3, 0.4) is 0 Å². The van der Waals surface area contributed by atoms with Gasteiger partial charge in [0.1, 0.15) is 11.3 Å². The molecule has 0 spiro atoms. The predicted octanol–water partition coefficient (Wildman–Crippen LogP) is 3.30. The molecular weight excluding hydrogens is 274 g/mol. The molecule has 1 rings (SSSR count). The van der Waals surface area contributed by atoms with Gasteiger partial charge < -0.3 is 22.4 Å². The third kappa shape index (κ3) is 4.74. The average molecular weight is 294 g/mol. The summed E-state index contributed by atoms with van der Waals surface area (Å²) in [4.78, 5) is 13.3. The van der Waals surface area contributed by atoms with Crippen molar-refractivity contribution in [2.75, 3.05) is 6.61 Å². The fourth-order valence-electron chi connectivity index (χ4n) is 1.89. The highest BCUT2D eigenvalue weighted by Gasteiger charge is 2.44. The lowest BCUT2D eigenvalue weighted by Crippen LogP contribution is -2.49. The fraction of sp³-hybridized carbons (Fsp3) is 0.750. The minimum absolute atomic E-state index is 0.00883. The van der Waals surface area contributed by atoms with Crippen molar-refractivity contribution in [2.45, 2.75) is 52.0 Å². The Morgan fingerprint density at radius 1 is 1.40 bits per heavy atom. The van der Waals surface area contributed by atoms with Crippen LogP contribution < -0.4 is 0 Å². The van der Waals surface area contributed by atoms with E-state index in [0.29, 0.717) is 0 Å². The zero-order chi connectivity index (χ0) is 15.8. The van der Waals surface area contributed by atoms with Crippen molar-refractivity contribution in [3.8, 4) is 0 Å². The predicted molar refractivity (Wildman–Crippen MR) is 70.1 cm³/mol. The third-order valence-corrected chi connectivity index (χ3v) is 2.66. The van der Waals surface area contributed by atoms with E-state index in [0.717, 1.165) is 6.08 Å². The van der Waals surface area contributed by atoms with Crippen LogP contribution in [0, 0.1) is 0 Å². The summed E-state index contributed by atoms with van der Waals surface area (Å²) in [5, 5.41) is 0. The van der Waals surface area contributed by atoms with E-state index in [1.54, 1.807) is 34.6 Å². The molecule has 1 aliphatic heterocycles. The zero-order valence-corrected chi connectivity index (χ0v) is 12.3. The van der Waals surface area contributed by atoms with Crippen LogP contribution in [-0.4, -0.2) is 41.9 Å². The van der Waals surface area contributed by atoms with E-state index in [4.69, 9.17) is 9.47 Å². The molecule has 116 valence electrons. The summed E-state index contributed by atoms with van der Waals surface area (Å²) < 4.78 is 47.5. The molecule has 0 saturated carbocycles. The summed E-state index contributed by atoms with van der Waals surface area (Å²) in [6, 6.07) is -0.789. The topological polar surface area (TPSA) is 38.8 Å². The van der Waals surface area contributed by atoms with E-state index in [2.05, 4.69) is 0 Å². The second kappa shape index (κ2) is 5.31. The largest absolute Gasteiger partial charge is 0.502 e. The second-order valence-corrected chi connectivity index (χ2v) is 6.19. The first-order valence-corrected chi connectivity index (χ1v) is 6.37. The van der Waals surface area contributed by atoms with Crippen molar-refractivity contribution >= 4 is 13.1 Å². The third-order valence-electron chi connectivity index (χ3n) is 2.66. The quantitative estimate of drug-likeness (QED) is 0.733. The highest BCUT2D eigenvalue weighted by molar-refractivity contribution is 6.64. The maximum atomic E-state index is 12.3. The minimum Gasteiger partial charge on any atom is -0.445 e. The molecule has 0 radical (unpaired) electrons. The monoisotopic (exact) mass is 294 g/mol. The van der Waals surface area contributed by atoms with Gasteiger partial charge in [-0.3, -0.25) is 4.90 Å². The highest BCUT2D eigenvalue weighted by Crippen LogP contribution is 2.30. The van der Waals surface area contributed by atoms with Gasteiger partial charge in [0, 0.05) is 0 Å². The van der Waals surface area contributed by atoms with Gasteiger partial charge in [-0.2, -0.15) is 0 Å². The molecule has 4 nitrogen and oxygen atoms in total. The fourth-order valence-corrected chi connectivity index (χ4v) is 1.89. The lowest BCUT2D eigenvalue weighted by Gasteiger charge is -2.34. The smallest absolute Gasteiger partial charge is 0.445 e. The Morgan fingerprint density at radius 2 is 1.95 bits per heavy atom. The molecule has 0 aromatic carbocycles. The van der Waals surface area contributed by atoms with Gasteiger partial charge in [0.25, 0.3) is 0 Å². The van der Waals surface area contributed by atoms with Crippen molar-refractivity contribution in [1.29, 1.82) is 0 Å². The van der Waals surface area contributed by atoms with Crippen LogP contribution in [0.2, 0.25) is 0 Å². The van der Waals surface area contributed by atoms with Crippen LogP contribution in [0.1, 0.15) is 34.6 Å². The summed E-state index contributed by atoms with van der Waals surface area (Å²) in [5.74, 6) is 0.173. The van der Waals surface area contributed by atoms with Crippen LogP contribution in [-0.2, 0) is 9.47 Å². The number of hydrogen-bond donors (Lipinski definition) is 0. The summed E-state index contributed by atoms with van der Waals surface area (Å²) in [6.45, 7) is 3.27. The Balaban J connectivity index is 2.91. The maximum absolute atomic E-state index is 12.3. The summed E-state index contributed by atoms with van der Waals surface area (Å²) in [5.41, 5.74) is -1.73. The first-order valence-electron chi connectivity index (χ1n) is 6.37. The summed E-state index contributed by atoms with van der Waals surface area (Å²) in [6.07, 6.45) is 0.253. The van der Waals surface area contributed by atoms with Gasteiger partial charge >= 0.3 is 13.1 Å². The van der Waals surface area contributed by atoms with E-state index >= 15 is 0 Å². The van der Waals surface area contributed by atoms with Gasteiger partial charge in [-0.25, -0.2) is 4.79 Å². The van der Waals surface area contributed by atoms with Crippen molar-refractivity contribution < 1.29 is 27.2 Å². The Labute approximate surface area is 117 Å². The van der Waals surface area contributed by atoms with Crippen LogP contribution in [0.15, 0.2) is 12.1 Å². The number of amides is 1. The number of carbonyl (C=O) groups excluding carboxylic acids is 1. The number of rotatable bonds is 2. The first-order chi connectivity index (χ1) is 8.82. The number of hydrogen-bond acceptors (Lipinski definition) is 3. The molecule has 0 aliphatic carbocycles. The molecule has 1 amide bonds. The highest BCUT2D eigenvalue weighted by atomic mass is 19.4. The first kappa shape index (κ1) is 16.9. The lowest BCUT2D eigenvalue weighted by molar-refractivity contribution is -0.0610. The minimum atomic E-state index is -5.04. The Bertz CT molecular complexity index is 402. The zero-order valence-electron chi connectivity index (χ0n) is 12.3. The number of halogens is 3. The molecule has 8 heteroatoms. The molecule has 0 N–H and O–H groups in total. The van der Waals surface area contributed by atoms with Gasteiger partial charge in [-0.1, -0.05) is 6.08 Å². The van der Waals surface area contributed by atoms with Crippen LogP contribution in [0.5, 0.6) is 0 Å². The molecule has 0 unspecified atom stereocenters. The summed E-state index contributed by atoms with van der Waals surface area (Å²) in [7, 11) is 0. The Hall–Kier alpha value is -1.18. The summed E-state index contributed by atoms with van der Waals surface area (Å²) >= 11 is 0. The van der Waals surface area contributed by atoms with Crippen molar-refractivity contribution in [3.05, 3.63) is 12.1 Å². The van der Waals surface area contributed by atoms with Gasteiger partial charge in [-0.15, -0.1) is 5.98 Å².